The molecule has 4 rings (SSSR count). The van der Waals surface area contributed by atoms with E-state index in [0.717, 1.165) is 0 Å². The maximum atomic E-state index is 14.6. The van der Waals surface area contributed by atoms with E-state index >= 15 is 0 Å². The minimum atomic E-state index is -1.61. The maximum Gasteiger partial charge on any atom is 0.328 e. The molecule has 0 saturated carbocycles. The van der Waals surface area contributed by atoms with Crippen LogP contribution in [0.15, 0.2) is 115 Å². The Bertz CT molecular complexity index is 1710. The van der Waals surface area contributed by atoms with E-state index in [2.05, 4.69) is 10.6 Å². The number of nitrogens with zero attached hydrogens (tertiary/aromatic N) is 1. The molecule has 2 amide bonds. The van der Waals surface area contributed by atoms with Crippen molar-refractivity contribution in [2.75, 3.05) is 38.1 Å². The van der Waals surface area contributed by atoms with Gasteiger partial charge in [0.15, 0.2) is 6.10 Å². The number of ether oxygens (including phenoxy) is 3. The van der Waals surface area contributed by atoms with Crippen LogP contribution < -0.4 is 25.0 Å². The summed E-state index contributed by atoms with van der Waals surface area (Å²) in [4.78, 5) is 42.7. The van der Waals surface area contributed by atoms with E-state index in [4.69, 9.17) is 14.2 Å². The first kappa shape index (κ1) is 37.2. The van der Waals surface area contributed by atoms with Crippen LogP contribution in [0.1, 0.15) is 37.4 Å². The van der Waals surface area contributed by atoms with Gasteiger partial charge in [0.05, 0.1) is 33.9 Å². The van der Waals surface area contributed by atoms with Gasteiger partial charge in [-0.3, -0.25) is 9.59 Å². The molecule has 4 aromatic carbocycles. The molecule has 0 aliphatic carbocycles. The number of hydrogen-bond acceptors (Lipinski definition) is 8. The van der Waals surface area contributed by atoms with Gasteiger partial charge < -0.3 is 34.9 Å². The molecule has 3 atom stereocenters. The Kier molecular flexibility index (Phi) is 13.6. The second kappa shape index (κ2) is 18.2. The van der Waals surface area contributed by atoms with Crippen molar-refractivity contribution in [2.24, 2.45) is 5.92 Å². The second-order valence-corrected chi connectivity index (χ2v) is 12.1. The third-order valence-electron chi connectivity index (χ3n) is 8.05. The van der Waals surface area contributed by atoms with Crippen molar-refractivity contribution in [3.05, 3.63) is 126 Å². The molecule has 0 saturated heterocycles. The van der Waals surface area contributed by atoms with E-state index < -0.39 is 36.0 Å². The van der Waals surface area contributed by atoms with Gasteiger partial charge in [0.1, 0.15) is 17.5 Å². The molecule has 0 bridgehead atoms. The Morgan fingerprint density at radius 3 is 1.88 bits per heavy atom. The molecule has 10 nitrogen and oxygen atoms in total. The highest BCUT2D eigenvalue weighted by Crippen LogP contribution is 2.29. The molecule has 0 radical (unpaired) electrons. The van der Waals surface area contributed by atoms with Crippen LogP contribution in [0.3, 0.4) is 0 Å². The number of carbonyl (C=O) groups is 3. The number of nitrogens with one attached hydrogen (secondary N) is 2. The molecule has 0 fully saturated rings. The van der Waals surface area contributed by atoms with Crippen LogP contribution in [0.4, 0.5) is 11.4 Å². The number of esters is 1. The summed E-state index contributed by atoms with van der Waals surface area (Å²) < 4.78 is 15.6. The Labute approximate surface area is 293 Å². The van der Waals surface area contributed by atoms with Gasteiger partial charge in [-0.1, -0.05) is 74.5 Å². The fourth-order valence-corrected chi connectivity index (χ4v) is 5.42. The Balaban J connectivity index is 1.77. The highest BCUT2D eigenvalue weighted by Gasteiger charge is 2.34. The Morgan fingerprint density at radius 2 is 1.34 bits per heavy atom. The van der Waals surface area contributed by atoms with Gasteiger partial charge in [-0.2, -0.15) is 0 Å². The molecule has 3 N–H and O–H groups in total. The van der Waals surface area contributed by atoms with Gasteiger partial charge >= 0.3 is 5.97 Å². The second-order valence-electron chi connectivity index (χ2n) is 12.1. The number of anilines is 2. The summed E-state index contributed by atoms with van der Waals surface area (Å²) in [6.07, 6.45) is 0.415. The van der Waals surface area contributed by atoms with Crippen molar-refractivity contribution in [1.82, 2.24) is 5.32 Å². The van der Waals surface area contributed by atoms with E-state index in [-0.39, 0.29) is 18.0 Å². The molecule has 0 spiro atoms. The first-order valence-corrected chi connectivity index (χ1v) is 16.4. The minimum Gasteiger partial charge on any atom is -0.497 e. The van der Waals surface area contributed by atoms with Crippen LogP contribution in [0.2, 0.25) is 0 Å². The molecule has 0 heterocycles. The predicted octanol–water partition coefficient (Wildman–Crippen LogP) is 6.04. The number of methoxy groups -OCH3 is 3. The van der Waals surface area contributed by atoms with Crippen LogP contribution in [0, 0.1) is 5.92 Å². The van der Waals surface area contributed by atoms with Crippen LogP contribution in [0.5, 0.6) is 11.5 Å². The van der Waals surface area contributed by atoms with Crippen molar-refractivity contribution in [3.8, 4) is 11.5 Å². The molecule has 0 aliphatic rings. The monoisotopic (exact) mass is 679 g/mol. The van der Waals surface area contributed by atoms with Crippen molar-refractivity contribution in [1.29, 1.82) is 0 Å². The summed E-state index contributed by atoms with van der Waals surface area (Å²) in [5.41, 5.74) is 2.65. The SMILES string of the molecule is COC(=O)[C@H](CC(C)C)NC(=O)C(=Cc1ccccc1)CN(C(=O)[C@H](O)[C@H](Nc1ccc(OC)cc1)c1ccccc1)c1ccc(OC)cc1. The molecule has 0 aliphatic heterocycles. The lowest BCUT2D eigenvalue weighted by molar-refractivity contribution is -0.145. The quantitative estimate of drug-likeness (QED) is 0.0968. The zero-order valence-corrected chi connectivity index (χ0v) is 29.0. The number of benzene rings is 4. The lowest BCUT2D eigenvalue weighted by atomic mass is 9.99. The maximum absolute atomic E-state index is 14.6. The largest absolute Gasteiger partial charge is 0.497 e. The number of rotatable bonds is 16. The van der Waals surface area contributed by atoms with Gasteiger partial charge in [0, 0.05) is 16.9 Å². The third-order valence-corrected chi connectivity index (χ3v) is 8.05. The van der Waals surface area contributed by atoms with Crippen molar-refractivity contribution in [3.63, 3.8) is 0 Å². The van der Waals surface area contributed by atoms with E-state index in [1.54, 1.807) is 61.7 Å². The van der Waals surface area contributed by atoms with Gasteiger partial charge in [-0.25, -0.2) is 4.79 Å². The van der Waals surface area contributed by atoms with E-state index in [0.29, 0.717) is 40.4 Å². The minimum absolute atomic E-state index is 0.0848. The average Bonchev–Trinajstić information content (AvgIpc) is 3.15. The summed E-state index contributed by atoms with van der Waals surface area (Å²) in [6, 6.07) is 30.5. The summed E-state index contributed by atoms with van der Waals surface area (Å²) in [7, 11) is 4.39. The summed E-state index contributed by atoms with van der Waals surface area (Å²) in [5.74, 6) is -0.475. The smallest absolute Gasteiger partial charge is 0.328 e. The summed E-state index contributed by atoms with van der Waals surface area (Å²) >= 11 is 0. The van der Waals surface area contributed by atoms with E-state index in [1.807, 2.05) is 74.5 Å². The van der Waals surface area contributed by atoms with Crippen LogP contribution in [-0.2, 0) is 19.1 Å². The normalized spacial score (nSPS) is 13.1. The van der Waals surface area contributed by atoms with Crippen LogP contribution in [0.25, 0.3) is 6.08 Å². The number of carbonyl (C=O) groups excluding carboxylic acids is 3. The lowest BCUT2D eigenvalue weighted by Crippen LogP contribution is -2.48. The first-order chi connectivity index (χ1) is 24.1. The fourth-order valence-electron chi connectivity index (χ4n) is 5.42. The molecule has 0 unspecified atom stereocenters. The summed E-state index contributed by atoms with van der Waals surface area (Å²) in [5, 5.41) is 18.1. The van der Waals surface area contributed by atoms with Gasteiger partial charge in [0.2, 0.25) is 5.91 Å². The molecule has 262 valence electrons. The number of aliphatic hydroxyl groups is 1. The number of hydrogen-bond donors (Lipinski definition) is 3. The standard InChI is InChI=1S/C40H45N3O7/c1-27(2)24-35(40(47)50-5)42-38(45)30(25-28-12-8-6-9-13-28)26-43(32-18-22-34(49-4)23-19-32)39(46)37(44)36(29-14-10-7-11-15-29)41-31-16-20-33(48-3)21-17-31/h6-23,25,27,35-37,41,44H,24,26H2,1-5H3,(H,42,45)/t35-,36+,37+/m0/s1. The lowest BCUT2D eigenvalue weighted by Gasteiger charge is -2.31. The highest BCUT2D eigenvalue weighted by molar-refractivity contribution is 6.04. The van der Waals surface area contributed by atoms with Gasteiger partial charge in [-0.05, 0) is 78.1 Å². The highest BCUT2D eigenvalue weighted by atomic mass is 16.5. The Hall–Kier alpha value is -5.61. The zero-order chi connectivity index (χ0) is 36.0. The fraction of sp³-hybridized carbons (Fsp3) is 0.275. The molecule has 50 heavy (non-hydrogen) atoms. The Morgan fingerprint density at radius 1 is 0.780 bits per heavy atom. The molecule has 10 heteroatoms. The van der Waals surface area contributed by atoms with Crippen molar-refractivity contribution >= 4 is 35.2 Å². The zero-order valence-electron chi connectivity index (χ0n) is 29.0. The molecular weight excluding hydrogens is 634 g/mol. The van der Waals surface area contributed by atoms with Gasteiger partial charge in [0.25, 0.3) is 5.91 Å². The molecule has 0 aromatic heterocycles. The van der Waals surface area contributed by atoms with Crippen LogP contribution >= 0.6 is 0 Å². The van der Waals surface area contributed by atoms with E-state index in [1.165, 1.54) is 19.1 Å². The first-order valence-electron chi connectivity index (χ1n) is 16.4. The van der Waals surface area contributed by atoms with E-state index in [9.17, 15) is 19.5 Å². The average molecular weight is 680 g/mol. The summed E-state index contributed by atoms with van der Waals surface area (Å²) in [6.45, 7) is 3.65. The molecular formula is C40H45N3O7. The van der Waals surface area contributed by atoms with Crippen molar-refractivity contribution in [2.45, 2.75) is 38.5 Å². The predicted molar refractivity (Wildman–Crippen MR) is 195 cm³/mol. The molecule has 4 aromatic rings. The van der Waals surface area contributed by atoms with Gasteiger partial charge in [-0.15, -0.1) is 0 Å². The van der Waals surface area contributed by atoms with Crippen molar-refractivity contribution < 1.29 is 33.7 Å². The number of aliphatic hydroxyl groups excluding tert-OH is 1. The number of amides is 2. The third kappa shape index (κ3) is 10.2. The van der Waals surface area contributed by atoms with Crippen LogP contribution in [-0.4, -0.2) is 62.9 Å². The topological polar surface area (TPSA) is 126 Å².